The molecule has 226 valence electrons. The van der Waals surface area contributed by atoms with Gasteiger partial charge in [-0.3, -0.25) is 0 Å². The molecule has 1 saturated heterocycles. The standard InChI is InChI=1S/C29H36F2N6O4S/c1-19-18-41-13-12-37(19)26-17-25(29(2,3)42(39,40)24-15-21(30)14-22(31)16-24)34-27(35-26)20-6-8-23(9-7-20)33-28(38)32-10-11-36(4)5/h6-9,14-17,19H,10-13,18H2,1-5H3,(H2,32,33,38)/t19-/m0/s1. The molecule has 0 bridgehead atoms. The number of aromatic nitrogens is 2. The Balaban J connectivity index is 1.71. The van der Waals surface area contributed by atoms with Crippen molar-refractivity contribution >= 4 is 27.4 Å². The number of carbonyl (C=O) groups is 1. The zero-order valence-corrected chi connectivity index (χ0v) is 25.1. The van der Waals surface area contributed by atoms with E-state index in [9.17, 15) is 22.0 Å². The zero-order valence-electron chi connectivity index (χ0n) is 24.3. The number of hydrogen-bond donors (Lipinski definition) is 2. The van der Waals surface area contributed by atoms with Gasteiger partial charge in [0, 0.05) is 43.0 Å². The van der Waals surface area contributed by atoms with Crippen LogP contribution in [0.15, 0.2) is 53.4 Å². The second kappa shape index (κ2) is 12.7. The van der Waals surface area contributed by atoms with Gasteiger partial charge >= 0.3 is 6.03 Å². The van der Waals surface area contributed by atoms with Crippen LogP contribution < -0.4 is 15.5 Å². The van der Waals surface area contributed by atoms with E-state index >= 15 is 0 Å². The van der Waals surface area contributed by atoms with Crippen LogP contribution in [-0.2, 0) is 19.3 Å². The lowest BCUT2D eigenvalue weighted by atomic mass is 10.1. The summed E-state index contributed by atoms with van der Waals surface area (Å²) < 4.78 is 59.4. The maximum absolute atomic E-state index is 14.0. The zero-order chi connectivity index (χ0) is 30.7. The van der Waals surface area contributed by atoms with E-state index in [0.29, 0.717) is 56.0 Å². The molecule has 2 N–H and O–H groups in total. The smallest absolute Gasteiger partial charge is 0.319 e. The number of rotatable bonds is 9. The Hall–Kier alpha value is -3.68. The monoisotopic (exact) mass is 602 g/mol. The minimum absolute atomic E-state index is 0.0380. The van der Waals surface area contributed by atoms with E-state index in [2.05, 4.69) is 15.6 Å². The Morgan fingerprint density at radius 1 is 1.10 bits per heavy atom. The minimum Gasteiger partial charge on any atom is -0.377 e. The van der Waals surface area contributed by atoms with E-state index in [1.54, 1.807) is 30.3 Å². The highest BCUT2D eigenvalue weighted by atomic mass is 32.2. The lowest BCUT2D eigenvalue weighted by Gasteiger charge is -2.35. The van der Waals surface area contributed by atoms with Crippen molar-refractivity contribution in [2.24, 2.45) is 0 Å². The van der Waals surface area contributed by atoms with Crippen LogP contribution in [0.3, 0.4) is 0 Å². The number of hydrogen-bond acceptors (Lipinski definition) is 8. The summed E-state index contributed by atoms with van der Waals surface area (Å²) in [7, 11) is -0.471. The number of halogens is 2. The predicted octanol–water partition coefficient (Wildman–Crippen LogP) is 4.04. The van der Waals surface area contributed by atoms with Gasteiger partial charge in [0.1, 0.15) is 22.2 Å². The average Bonchev–Trinajstić information content (AvgIpc) is 2.92. The van der Waals surface area contributed by atoms with E-state index in [1.807, 2.05) is 30.8 Å². The van der Waals surface area contributed by atoms with Gasteiger partial charge in [-0.25, -0.2) is 32.0 Å². The van der Waals surface area contributed by atoms with Crippen molar-refractivity contribution in [1.82, 2.24) is 20.2 Å². The Morgan fingerprint density at radius 3 is 2.38 bits per heavy atom. The first-order valence-electron chi connectivity index (χ1n) is 13.5. The quantitative estimate of drug-likeness (QED) is 0.377. The fourth-order valence-corrected chi connectivity index (χ4v) is 5.98. The van der Waals surface area contributed by atoms with Crippen molar-refractivity contribution < 1.29 is 26.7 Å². The summed E-state index contributed by atoms with van der Waals surface area (Å²) in [6.07, 6.45) is 0. The van der Waals surface area contributed by atoms with Gasteiger partial charge < -0.3 is 25.2 Å². The highest BCUT2D eigenvalue weighted by molar-refractivity contribution is 7.92. The second-order valence-electron chi connectivity index (χ2n) is 10.9. The van der Waals surface area contributed by atoms with Crippen molar-refractivity contribution in [3.63, 3.8) is 0 Å². The fourth-order valence-electron chi connectivity index (χ4n) is 4.47. The molecule has 10 nitrogen and oxygen atoms in total. The Morgan fingerprint density at radius 2 is 1.76 bits per heavy atom. The molecule has 0 saturated carbocycles. The van der Waals surface area contributed by atoms with Crippen LogP contribution in [0.5, 0.6) is 0 Å². The highest BCUT2D eigenvalue weighted by Crippen LogP contribution is 2.37. The topological polar surface area (TPSA) is 117 Å². The average molecular weight is 603 g/mol. The molecular weight excluding hydrogens is 566 g/mol. The number of nitrogens with one attached hydrogen (secondary N) is 2. The van der Waals surface area contributed by atoms with Crippen LogP contribution in [0.4, 0.5) is 25.1 Å². The fraction of sp³-hybridized carbons (Fsp3) is 0.414. The molecule has 1 atom stereocenters. The molecule has 1 aliphatic rings. The third kappa shape index (κ3) is 7.02. The Bertz CT molecular complexity index is 1510. The Labute approximate surface area is 245 Å². The molecule has 13 heteroatoms. The summed E-state index contributed by atoms with van der Waals surface area (Å²) in [5.41, 5.74) is 1.30. The number of amides is 2. The molecule has 1 fully saturated rings. The van der Waals surface area contributed by atoms with Crippen molar-refractivity contribution in [2.75, 3.05) is 57.2 Å². The van der Waals surface area contributed by atoms with Crippen LogP contribution >= 0.6 is 0 Å². The first-order valence-corrected chi connectivity index (χ1v) is 15.0. The second-order valence-corrected chi connectivity index (χ2v) is 13.4. The molecule has 4 rings (SSSR count). The van der Waals surface area contributed by atoms with Gasteiger partial charge in [-0.2, -0.15) is 0 Å². The van der Waals surface area contributed by atoms with Crippen molar-refractivity contribution in [3.8, 4) is 11.4 Å². The molecule has 1 aromatic heterocycles. The van der Waals surface area contributed by atoms with Gasteiger partial charge in [0.15, 0.2) is 15.7 Å². The summed E-state index contributed by atoms with van der Waals surface area (Å²) in [6, 6.07) is 10.3. The molecule has 0 spiro atoms. The molecule has 42 heavy (non-hydrogen) atoms. The molecule has 0 unspecified atom stereocenters. The van der Waals surface area contributed by atoms with Gasteiger partial charge in [-0.15, -0.1) is 0 Å². The van der Waals surface area contributed by atoms with E-state index in [1.165, 1.54) is 13.8 Å². The lowest BCUT2D eigenvalue weighted by Crippen LogP contribution is -2.44. The summed E-state index contributed by atoms with van der Waals surface area (Å²) in [6.45, 7) is 7.53. The third-order valence-electron chi connectivity index (χ3n) is 7.06. The van der Waals surface area contributed by atoms with Gasteiger partial charge in [0.2, 0.25) is 0 Å². The van der Waals surface area contributed by atoms with E-state index in [0.717, 1.165) is 12.1 Å². The third-order valence-corrected chi connectivity index (χ3v) is 9.46. The van der Waals surface area contributed by atoms with E-state index in [4.69, 9.17) is 9.72 Å². The number of sulfone groups is 1. The maximum atomic E-state index is 14.0. The number of nitrogens with zero attached hydrogens (tertiary/aromatic N) is 4. The number of benzene rings is 2. The number of anilines is 2. The minimum atomic E-state index is -4.30. The molecule has 2 aromatic carbocycles. The lowest BCUT2D eigenvalue weighted by molar-refractivity contribution is 0.0985. The number of likely N-dealkylation sites (N-methyl/N-ethyl adjacent to an activating group) is 1. The maximum Gasteiger partial charge on any atom is 0.319 e. The summed E-state index contributed by atoms with van der Waals surface area (Å²) in [5, 5.41) is 5.55. The van der Waals surface area contributed by atoms with Gasteiger partial charge in [0.05, 0.1) is 29.8 Å². The summed E-state index contributed by atoms with van der Waals surface area (Å²) in [5.74, 6) is -1.22. The predicted molar refractivity (Wildman–Crippen MR) is 157 cm³/mol. The van der Waals surface area contributed by atoms with Crippen LogP contribution in [0, 0.1) is 11.6 Å². The molecule has 0 aliphatic carbocycles. The van der Waals surface area contributed by atoms with Crippen LogP contribution in [0.2, 0.25) is 0 Å². The van der Waals surface area contributed by atoms with Crippen molar-refractivity contribution in [1.29, 1.82) is 0 Å². The Kier molecular flexibility index (Phi) is 9.43. The van der Waals surface area contributed by atoms with Crippen LogP contribution in [-0.4, -0.2) is 82.3 Å². The van der Waals surface area contributed by atoms with E-state index in [-0.39, 0.29) is 23.6 Å². The first-order chi connectivity index (χ1) is 19.8. The van der Waals surface area contributed by atoms with Gasteiger partial charge in [0.25, 0.3) is 0 Å². The number of carbonyl (C=O) groups excluding carboxylic acids is 1. The molecule has 2 heterocycles. The molecule has 3 aromatic rings. The van der Waals surface area contributed by atoms with Crippen LogP contribution in [0.25, 0.3) is 11.4 Å². The molecule has 2 amide bonds. The van der Waals surface area contributed by atoms with Crippen LogP contribution in [0.1, 0.15) is 26.5 Å². The van der Waals surface area contributed by atoms with Crippen molar-refractivity contribution in [3.05, 3.63) is 65.9 Å². The molecule has 0 radical (unpaired) electrons. The first kappa shape index (κ1) is 31.3. The number of ether oxygens (including phenoxy) is 1. The van der Waals surface area contributed by atoms with Gasteiger partial charge in [-0.05, 0) is 71.3 Å². The number of urea groups is 1. The van der Waals surface area contributed by atoms with Gasteiger partial charge in [-0.1, -0.05) is 0 Å². The van der Waals surface area contributed by atoms with Crippen molar-refractivity contribution in [2.45, 2.75) is 36.5 Å². The normalized spacial score (nSPS) is 16.0. The highest BCUT2D eigenvalue weighted by Gasteiger charge is 2.40. The SMILES string of the molecule is C[C@H]1COCCN1c1cc(C(C)(C)S(=O)(=O)c2cc(F)cc(F)c2)nc(-c2ccc(NC(=O)NCCN(C)C)cc2)n1. The molecular formula is C29H36F2N6O4S. The van der Waals surface area contributed by atoms with E-state index < -0.39 is 31.1 Å². The molecule has 1 aliphatic heterocycles. The summed E-state index contributed by atoms with van der Waals surface area (Å²) >= 11 is 0. The largest absolute Gasteiger partial charge is 0.377 e. The number of morpholine rings is 1. The summed E-state index contributed by atoms with van der Waals surface area (Å²) in [4.78, 5) is 25.1.